The predicted molar refractivity (Wildman–Crippen MR) is 102 cm³/mol. The number of amides is 1. The molecule has 1 aliphatic rings. The number of hydrogen-bond donors (Lipinski definition) is 1. The van der Waals surface area contributed by atoms with Crippen molar-refractivity contribution in [3.05, 3.63) is 47.5 Å². The summed E-state index contributed by atoms with van der Waals surface area (Å²) in [6.07, 6.45) is 1.04. The first-order valence-electron chi connectivity index (χ1n) is 9.07. The zero-order chi connectivity index (χ0) is 19.2. The highest BCUT2D eigenvalue weighted by Crippen LogP contribution is 2.35. The maximum Gasteiger partial charge on any atom is 0.258 e. The van der Waals surface area contributed by atoms with Crippen molar-refractivity contribution in [2.45, 2.75) is 32.9 Å². The summed E-state index contributed by atoms with van der Waals surface area (Å²) in [6.45, 7) is 4.84. The lowest BCUT2D eigenvalue weighted by Crippen LogP contribution is -2.28. The molecule has 1 amide bonds. The highest BCUT2D eigenvalue weighted by Gasteiger charge is 2.22. The van der Waals surface area contributed by atoms with Gasteiger partial charge in [-0.3, -0.25) is 4.79 Å². The van der Waals surface area contributed by atoms with Gasteiger partial charge in [-0.2, -0.15) is 0 Å². The van der Waals surface area contributed by atoms with E-state index in [2.05, 4.69) is 5.32 Å². The fraction of sp³-hybridized carbons (Fsp3) is 0.381. The molecule has 0 saturated heterocycles. The molecule has 0 bridgehead atoms. The van der Waals surface area contributed by atoms with Gasteiger partial charge in [-0.05, 0) is 50.2 Å². The van der Waals surface area contributed by atoms with Crippen LogP contribution in [-0.4, -0.2) is 32.3 Å². The summed E-state index contributed by atoms with van der Waals surface area (Å²) in [4.78, 5) is 12.1. The molecule has 0 unspecified atom stereocenters. The molecule has 0 aromatic heterocycles. The molecule has 0 spiro atoms. The summed E-state index contributed by atoms with van der Waals surface area (Å²) in [7, 11) is 1.60. The van der Waals surface area contributed by atoms with Crippen LogP contribution in [0.2, 0.25) is 0 Å². The minimum atomic E-state index is -0.206. The number of benzene rings is 2. The van der Waals surface area contributed by atoms with Crippen molar-refractivity contribution in [1.82, 2.24) is 5.32 Å². The van der Waals surface area contributed by atoms with E-state index in [-0.39, 0.29) is 18.6 Å². The third-order valence-corrected chi connectivity index (χ3v) is 4.28. The molecule has 1 atom stereocenters. The van der Waals surface area contributed by atoms with E-state index in [1.54, 1.807) is 31.4 Å². The van der Waals surface area contributed by atoms with Gasteiger partial charge in [0.05, 0.1) is 13.7 Å². The molecule has 0 radical (unpaired) electrons. The first-order chi connectivity index (χ1) is 13.1. The zero-order valence-electron chi connectivity index (χ0n) is 15.9. The Balaban J connectivity index is 1.57. The smallest absolute Gasteiger partial charge is 0.258 e. The molecule has 2 aromatic carbocycles. The number of carbonyl (C=O) groups is 1. The first kappa shape index (κ1) is 18.9. The number of rotatable bonds is 8. The summed E-state index contributed by atoms with van der Waals surface area (Å²) in [5, 5.41) is 2.87. The Bertz CT molecular complexity index is 788. The Morgan fingerprint density at radius 1 is 1.19 bits per heavy atom. The van der Waals surface area contributed by atoms with Crippen LogP contribution >= 0.6 is 0 Å². The van der Waals surface area contributed by atoms with Crippen LogP contribution < -0.4 is 24.3 Å². The van der Waals surface area contributed by atoms with Gasteiger partial charge in [0.25, 0.3) is 5.91 Å². The predicted octanol–water partition coefficient (Wildman–Crippen LogP) is 3.11. The largest absolute Gasteiger partial charge is 0.497 e. The van der Waals surface area contributed by atoms with Crippen LogP contribution in [0.5, 0.6) is 23.0 Å². The number of nitrogens with one attached hydrogen (secondary N) is 1. The third kappa shape index (κ3) is 4.84. The normalized spacial score (nSPS) is 14.9. The molecule has 2 aromatic rings. The van der Waals surface area contributed by atoms with E-state index in [1.165, 1.54) is 0 Å². The van der Waals surface area contributed by atoms with Crippen molar-refractivity contribution < 1.29 is 23.7 Å². The van der Waals surface area contributed by atoms with E-state index in [0.29, 0.717) is 18.9 Å². The van der Waals surface area contributed by atoms with Crippen LogP contribution in [0, 0.1) is 0 Å². The van der Waals surface area contributed by atoms with Gasteiger partial charge >= 0.3 is 0 Å². The summed E-state index contributed by atoms with van der Waals surface area (Å²) in [6, 6.07) is 11.1. The highest BCUT2D eigenvalue weighted by atomic mass is 16.5. The maximum absolute atomic E-state index is 12.1. The number of methoxy groups -OCH3 is 1. The van der Waals surface area contributed by atoms with E-state index < -0.39 is 0 Å². The molecule has 144 valence electrons. The van der Waals surface area contributed by atoms with Gasteiger partial charge < -0.3 is 24.3 Å². The SMILES string of the molecule is CCOc1cc2c(cc1CNC(=O)COc1ccc(OC)cc1)O[C@@H](C)C2. The van der Waals surface area contributed by atoms with E-state index in [4.69, 9.17) is 18.9 Å². The van der Waals surface area contributed by atoms with Crippen LogP contribution in [0.15, 0.2) is 36.4 Å². The molecule has 6 heteroatoms. The van der Waals surface area contributed by atoms with Crippen molar-refractivity contribution in [2.24, 2.45) is 0 Å². The van der Waals surface area contributed by atoms with Crippen LogP contribution in [0.25, 0.3) is 0 Å². The quantitative estimate of drug-likeness (QED) is 0.772. The third-order valence-electron chi connectivity index (χ3n) is 4.28. The summed E-state index contributed by atoms with van der Waals surface area (Å²) >= 11 is 0. The monoisotopic (exact) mass is 371 g/mol. The van der Waals surface area contributed by atoms with Gasteiger partial charge in [-0.25, -0.2) is 0 Å². The van der Waals surface area contributed by atoms with Crippen molar-refractivity contribution in [3.63, 3.8) is 0 Å². The topological polar surface area (TPSA) is 66.0 Å². The van der Waals surface area contributed by atoms with E-state index >= 15 is 0 Å². The van der Waals surface area contributed by atoms with E-state index in [1.807, 2.05) is 26.0 Å². The zero-order valence-corrected chi connectivity index (χ0v) is 15.9. The van der Waals surface area contributed by atoms with Gasteiger partial charge in [-0.1, -0.05) is 0 Å². The van der Waals surface area contributed by atoms with E-state index in [0.717, 1.165) is 34.8 Å². The van der Waals surface area contributed by atoms with Crippen LogP contribution in [0.1, 0.15) is 25.0 Å². The molecule has 0 saturated carbocycles. The number of ether oxygens (including phenoxy) is 4. The fourth-order valence-corrected chi connectivity index (χ4v) is 2.98. The van der Waals surface area contributed by atoms with Crippen molar-refractivity contribution >= 4 is 5.91 Å². The Labute approximate surface area is 159 Å². The number of hydrogen-bond acceptors (Lipinski definition) is 5. The Hall–Kier alpha value is -2.89. The van der Waals surface area contributed by atoms with Gasteiger partial charge in [-0.15, -0.1) is 0 Å². The highest BCUT2D eigenvalue weighted by molar-refractivity contribution is 5.77. The molecule has 1 aliphatic heterocycles. The summed E-state index contributed by atoms with van der Waals surface area (Å²) in [5.74, 6) is 2.79. The van der Waals surface area contributed by atoms with Gasteiger partial charge in [0.1, 0.15) is 29.1 Å². The average Bonchev–Trinajstić information content (AvgIpc) is 3.04. The average molecular weight is 371 g/mol. The lowest BCUT2D eigenvalue weighted by molar-refractivity contribution is -0.123. The molecule has 27 heavy (non-hydrogen) atoms. The van der Waals surface area contributed by atoms with E-state index in [9.17, 15) is 4.79 Å². The summed E-state index contributed by atoms with van der Waals surface area (Å²) < 4.78 is 22.1. The number of fused-ring (bicyclic) bond motifs is 1. The Morgan fingerprint density at radius 2 is 1.93 bits per heavy atom. The number of carbonyl (C=O) groups excluding carboxylic acids is 1. The fourth-order valence-electron chi connectivity index (χ4n) is 2.98. The standard InChI is InChI=1S/C21H25NO5/c1-4-25-19-10-15-9-14(2)27-20(15)11-16(19)12-22-21(23)13-26-18-7-5-17(24-3)6-8-18/h5-8,10-11,14H,4,9,12-13H2,1-3H3,(H,22,23)/t14-/m0/s1. The molecule has 1 N–H and O–H groups in total. The lowest BCUT2D eigenvalue weighted by Gasteiger charge is -2.13. The maximum atomic E-state index is 12.1. The molecule has 6 nitrogen and oxygen atoms in total. The second-order valence-corrected chi connectivity index (χ2v) is 6.37. The first-order valence-corrected chi connectivity index (χ1v) is 9.07. The Kier molecular flexibility index (Phi) is 6.06. The van der Waals surface area contributed by atoms with Gasteiger partial charge in [0.2, 0.25) is 0 Å². The second kappa shape index (κ2) is 8.66. The van der Waals surface area contributed by atoms with Crippen LogP contribution in [-0.2, 0) is 17.8 Å². The summed E-state index contributed by atoms with van der Waals surface area (Å²) in [5.41, 5.74) is 2.03. The molecule has 3 rings (SSSR count). The lowest BCUT2D eigenvalue weighted by atomic mass is 10.1. The van der Waals surface area contributed by atoms with Gasteiger partial charge in [0, 0.05) is 24.1 Å². The molecule has 0 aliphatic carbocycles. The minimum absolute atomic E-state index is 0.0607. The molecular weight excluding hydrogens is 346 g/mol. The molecule has 1 heterocycles. The van der Waals surface area contributed by atoms with Crippen molar-refractivity contribution in [1.29, 1.82) is 0 Å². The van der Waals surface area contributed by atoms with Gasteiger partial charge in [0.15, 0.2) is 6.61 Å². The molecule has 0 fully saturated rings. The van der Waals surface area contributed by atoms with Crippen molar-refractivity contribution in [3.8, 4) is 23.0 Å². The minimum Gasteiger partial charge on any atom is -0.497 e. The molecular formula is C21H25NO5. The second-order valence-electron chi connectivity index (χ2n) is 6.37. The van der Waals surface area contributed by atoms with Crippen LogP contribution in [0.3, 0.4) is 0 Å². The Morgan fingerprint density at radius 3 is 2.63 bits per heavy atom. The van der Waals surface area contributed by atoms with Crippen molar-refractivity contribution in [2.75, 3.05) is 20.3 Å². The van der Waals surface area contributed by atoms with Crippen LogP contribution in [0.4, 0.5) is 0 Å².